The number of aliphatic imine (C=N–C) groups is 1. The first-order chi connectivity index (χ1) is 9.55. The summed E-state index contributed by atoms with van der Waals surface area (Å²) in [5.41, 5.74) is -0.564. The SMILES string of the molecule is CC(C)(C)OC(=O)[N+]1(Cl)C(Cl)=Nc2cc([N+](=O)[O-])ccc21. The van der Waals surface area contributed by atoms with Gasteiger partial charge in [0.05, 0.1) is 4.92 Å². The number of hydrogen-bond acceptors (Lipinski definition) is 5. The number of fused-ring (bicyclic) bond motifs is 1. The van der Waals surface area contributed by atoms with Gasteiger partial charge in [-0.25, -0.2) is 0 Å². The molecular weight excluding hydrogens is 321 g/mol. The molecule has 0 saturated heterocycles. The first kappa shape index (κ1) is 15.7. The molecule has 0 aromatic heterocycles. The average molecular weight is 333 g/mol. The van der Waals surface area contributed by atoms with Crippen molar-refractivity contribution in [2.75, 3.05) is 0 Å². The molecule has 0 fully saturated rings. The van der Waals surface area contributed by atoms with Gasteiger partial charge in [0.15, 0.2) is 17.5 Å². The predicted octanol–water partition coefficient (Wildman–Crippen LogP) is 4.23. The molecule has 1 aromatic rings. The number of benzene rings is 1. The highest BCUT2D eigenvalue weighted by molar-refractivity contribution is 6.74. The van der Waals surface area contributed by atoms with E-state index in [9.17, 15) is 14.9 Å². The van der Waals surface area contributed by atoms with E-state index in [-0.39, 0.29) is 22.4 Å². The molecule has 1 unspecified atom stereocenters. The summed E-state index contributed by atoms with van der Waals surface area (Å²) in [7, 11) is 0. The van der Waals surface area contributed by atoms with Crippen LogP contribution in [0, 0.1) is 10.1 Å². The van der Waals surface area contributed by atoms with Crippen molar-refractivity contribution in [3.63, 3.8) is 0 Å². The number of ether oxygens (including phenoxy) is 1. The second-order valence-electron chi connectivity index (χ2n) is 5.38. The van der Waals surface area contributed by atoms with E-state index >= 15 is 0 Å². The van der Waals surface area contributed by atoms with Crippen LogP contribution in [0.5, 0.6) is 0 Å². The molecule has 1 amide bonds. The summed E-state index contributed by atoms with van der Waals surface area (Å²) in [5.74, 6) is 0. The molecule has 7 nitrogen and oxygen atoms in total. The highest BCUT2D eigenvalue weighted by Gasteiger charge is 2.54. The lowest BCUT2D eigenvalue weighted by atomic mass is 10.2. The monoisotopic (exact) mass is 332 g/mol. The highest BCUT2D eigenvalue weighted by atomic mass is 35.5. The lowest BCUT2D eigenvalue weighted by molar-refractivity contribution is -0.384. The number of carbonyl (C=O) groups excluding carboxylic acids is 1. The number of quaternary nitrogens is 1. The third-order valence-corrected chi connectivity index (χ3v) is 3.52. The minimum atomic E-state index is -0.994. The summed E-state index contributed by atoms with van der Waals surface area (Å²) < 4.78 is 4.24. The van der Waals surface area contributed by atoms with Crippen LogP contribution in [0.4, 0.5) is 21.9 Å². The molecule has 112 valence electrons. The Bertz CT molecular complexity index is 669. The standard InChI is InChI=1S/C12H12Cl2N3O4/c1-12(2,3)21-11(18)17(14)9-5-4-7(16(19)20)6-8(9)15-10(17)13/h4-6H,1-3H3/q+1. The average Bonchev–Trinajstić information content (AvgIpc) is 2.60. The summed E-state index contributed by atoms with van der Waals surface area (Å²) in [5, 5.41) is 10.5. The summed E-state index contributed by atoms with van der Waals surface area (Å²) in [4.78, 5) is 26.4. The van der Waals surface area contributed by atoms with Crippen molar-refractivity contribution in [3.8, 4) is 0 Å². The van der Waals surface area contributed by atoms with Crippen LogP contribution < -0.4 is 4.00 Å². The van der Waals surface area contributed by atoms with Crippen LogP contribution in [0.2, 0.25) is 0 Å². The Balaban J connectivity index is 2.48. The van der Waals surface area contributed by atoms with E-state index < -0.39 is 20.6 Å². The van der Waals surface area contributed by atoms with Gasteiger partial charge in [0.25, 0.3) is 5.69 Å². The maximum Gasteiger partial charge on any atom is 0.548 e. The second-order valence-corrected chi connectivity index (χ2v) is 6.23. The smallest absolute Gasteiger partial charge is 0.412 e. The third kappa shape index (κ3) is 2.72. The van der Waals surface area contributed by atoms with Gasteiger partial charge in [-0.2, -0.15) is 9.79 Å². The van der Waals surface area contributed by atoms with Gasteiger partial charge in [-0.3, -0.25) is 10.1 Å². The minimum Gasteiger partial charge on any atom is -0.412 e. The van der Waals surface area contributed by atoms with Gasteiger partial charge in [-0.05, 0) is 24.8 Å². The topological polar surface area (TPSA) is 81.8 Å². The van der Waals surface area contributed by atoms with Crippen molar-refractivity contribution in [2.24, 2.45) is 4.99 Å². The molecule has 21 heavy (non-hydrogen) atoms. The number of nitro benzene ring substituents is 1. The maximum atomic E-state index is 12.3. The Hall–Kier alpha value is -1.70. The number of carbonyl (C=O) groups is 1. The number of rotatable bonds is 1. The predicted molar refractivity (Wildman–Crippen MR) is 79.9 cm³/mol. The van der Waals surface area contributed by atoms with Crippen LogP contribution in [0.1, 0.15) is 20.8 Å². The van der Waals surface area contributed by atoms with Gasteiger partial charge < -0.3 is 4.74 Å². The molecule has 1 heterocycles. The van der Waals surface area contributed by atoms with Gasteiger partial charge in [0.1, 0.15) is 11.3 Å². The van der Waals surface area contributed by atoms with Gasteiger partial charge in [-0.1, -0.05) is 0 Å². The number of non-ortho nitro benzene ring substituents is 1. The molecule has 0 spiro atoms. The van der Waals surface area contributed by atoms with Gasteiger partial charge in [0.2, 0.25) is 0 Å². The fourth-order valence-corrected chi connectivity index (χ4v) is 2.21. The Morgan fingerprint density at radius 1 is 1.43 bits per heavy atom. The molecule has 1 aliphatic heterocycles. The number of halogens is 2. The van der Waals surface area contributed by atoms with Crippen LogP contribution >= 0.6 is 23.4 Å². The molecule has 0 N–H and O–H groups in total. The van der Waals surface area contributed by atoms with Gasteiger partial charge in [-0.15, -0.1) is 0 Å². The molecule has 1 aromatic carbocycles. The van der Waals surface area contributed by atoms with Crippen LogP contribution in [0.3, 0.4) is 0 Å². The fourth-order valence-electron chi connectivity index (χ4n) is 1.74. The molecule has 0 bridgehead atoms. The molecule has 0 saturated carbocycles. The van der Waals surface area contributed by atoms with E-state index in [1.165, 1.54) is 18.2 Å². The Morgan fingerprint density at radius 2 is 2.05 bits per heavy atom. The molecule has 2 rings (SSSR count). The normalized spacial score (nSPS) is 20.7. The van der Waals surface area contributed by atoms with E-state index in [2.05, 4.69) is 4.99 Å². The Labute approximate surface area is 130 Å². The van der Waals surface area contributed by atoms with Crippen molar-refractivity contribution in [1.82, 2.24) is 4.00 Å². The van der Waals surface area contributed by atoms with Crippen LogP contribution in [0.15, 0.2) is 23.2 Å². The number of nitro groups is 1. The van der Waals surface area contributed by atoms with Crippen LogP contribution in [0.25, 0.3) is 0 Å². The molecule has 1 aliphatic rings. The van der Waals surface area contributed by atoms with Crippen molar-refractivity contribution in [3.05, 3.63) is 28.3 Å². The zero-order valence-electron chi connectivity index (χ0n) is 11.5. The van der Waals surface area contributed by atoms with Crippen molar-refractivity contribution < 1.29 is 14.5 Å². The van der Waals surface area contributed by atoms with E-state index in [1.807, 2.05) is 0 Å². The molecule has 0 radical (unpaired) electrons. The quantitative estimate of drug-likeness (QED) is 0.333. The third-order valence-electron chi connectivity index (χ3n) is 2.61. The maximum absolute atomic E-state index is 12.3. The molecular formula is C12H12Cl2N3O4+. The fraction of sp³-hybridized carbons (Fsp3) is 0.333. The van der Waals surface area contributed by atoms with Crippen molar-refractivity contribution in [2.45, 2.75) is 26.4 Å². The van der Waals surface area contributed by atoms with Gasteiger partial charge in [0, 0.05) is 29.8 Å². The van der Waals surface area contributed by atoms with Crippen molar-refractivity contribution in [1.29, 1.82) is 0 Å². The summed E-state index contributed by atoms with van der Waals surface area (Å²) in [6, 6.07) is 3.76. The lowest BCUT2D eigenvalue weighted by Gasteiger charge is -2.24. The Morgan fingerprint density at radius 3 is 2.57 bits per heavy atom. The van der Waals surface area contributed by atoms with E-state index in [1.54, 1.807) is 20.8 Å². The number of amides is 1. The number of nitrogens with zero attached hydrogens (tertiary/aromatic N) is 3. The van der Waals surface area contributed by atoms with Gasteiger partial charge >= 0.3 is 11.4 Å². The van der Waals surface area contributed by atoms with E-state index in [0.717, 1.165) is 0 Å². The largest absolute Gasteiger partial charge is 0.548 e. The van der Waals surface area contributed by atoms with Crippen LogP contribution in [-0.2, 0) is 4.74 Å². The first-order valence-electron chi connectivity index (χ1n) is 5.92. The zero-order chi connectivity index (χ0) is 16.0. The number of amidine groups is 1. The van der Waals surface area contributed by atoms with E-state index in [4.69, 9.17) is 28.1 Å². The van der Waals surface area contributed by atoms with Crippen molar-refractivity contribution >= 4 is 51.8 Å². The minimum absolute atomic E-state index is 0.162. The first-order valence-corrected chi connectivity index (χ1v) is 6.63. The second kappa shape index (κ2) is 4.94. The van der Waals surface area contributed by atoms with E-state index in [0.29, 0.717) is 0 Å². The highest BCUT2D eigenvalue weighted by Crippen LogP contribution is 2.46. The number of hydrogen-bond donors (Lipinski definition) is 0. The summed E-state index contributed by atoms with van der Waals surface area (Å²) in [6.45, 7) is 5.06. The lowest BCUT2D eigenvalue weighted by Crippen LogP contribution is -2.49. The summed E-state index contributed by atoms with van der Waals surface area (Å²) in [6.07, 6.45) is -0.828. The van der Waals surface area contributed by atoms with Crippen LogP contribution in [-0.4, -0.2) is 21.9 Å². The summed E-state index contributed by atoms with van der Waals surface area (Å²) >= 11 is 12.2. The molecule has 9 heteroatoms. The molecule has 0 aliphatic carbocycles. The zero-order valence-corrected chi connectivity index (χ0v) is 13.0. The molecule has 1 atom stereocenters. The Kier molecular flexibility index (Phi) is 3.69.